The number of aliphatic hydroxyl groups is 1. The van der Waals surface area contributed by atoms with Crippen molar-refractivity contribution < 1.29 is 28.2 Å². The van der Waals surface area contributed by atoms with Gasteiger partial charge in [-0.1, -0.05) is 39.8 Å². The molecule has 1 aromatic heterocycles. The third-order valence-electron chi connectivity index (χ3n) is 8.01. The average molecular weight is 498 g/mol. The molecule has 2 heterocycles. The van der Waals surface area contributed by atoms with E-state index in [4.69, 9.17) is 0 Å². The summed E-state index contributed by atoms with van der Waals surface area (Å²) >= 11 is 0. The van der Waals surface area contributed by atoms with E-state index in [1.807, 2.05) is 19.1 Å². The average Bonchev–Trinajstić information content (AvgIpc) is 3.48. The Hall–Kier alpha value is -2.93. The molecule has 1 atom stereocenters. The summed E-state index contributed by atoms with van der Waals surface area (Å²) in [6.07, 6.45) is -0.834. The van der Waals surface area contributed by atoms with E-state index in [9.17, 15) is 18.7 Å². The second kappa shape index (κ2) is 8.58. The van der Waals surface area contributed by atoms with Crippen LogP contribution in [0.15, 0.2) is 42.5 Å². The number of benzene rings is 2. The van der Waals surface area contributed by atoms with Gasteiger partial charge < -0.3 is 19.1 Å². The molecule has 0 saturated heterocycles. The van der Waals surface area contributed by atoms with Gasteiger partial charge in [-0.3, -0.25) is 4.79 Å². The Morgan fingerprint density at radius 3 is 2.47 bits per heavy atom. The van der Waals surface area contributed by atoms with Gasteiger partial charge in [-0.2, -0.15) is 0 Å². The summed E-state index contributed by atoms with van der Waals surface area (Å²) in [5.74, 6) is 0.0306. The minimum absolute atomic E-state index is 0.0130. The smallest absolute Gasteiger partial charge is 0.395 e. The number of ketones is 1. The number of halogens is 2. The van der Waals surface area contributed by atoms with Crippen molar-refractivity contribution >= 4 is 16.7 Å². The molecular weight excluding hydrogens is 464 g/mol. The molecule has 2 aliphatic rings. The number of alkyl halides is 2. The quantitative estimate of drug-likeness (QED) is 0.379. The van der Waals surface area contributed by atoms with E-state index in [0.29, 0.717) is 31.4 Å². The summed E-state index contributed by atoms with van der Waals surface area (Å²) in [6.45, 7) is 9.08. The highest BCUT2D eigenvalue weighted by Gasteiger charge is 2.52. The Morgan fingerprint density at radius 2 is 1.81 bits per heavy atom. The highest BCUT2D eigenvalue weighted by molar-refractivity contribution is 5.95. The number of fused-ring (bicyclic) bond motifs is 2. The first-order valence-corrected chi connectivity index (χ1v) is 12.7. The van der Waals surface area contributed by atoms with Crippen molar-refractivity contribution in [2.75, 3.05) is 0 Å². The van der Waals surface area contributed by atoms with Crippen LogP contribution in [0.1, 0.15) is 70.2 Å². The molecule has 1 fully saturated rings. The second-order valence-corrected chi connectivity index (χ2v) is 10.8. The Balaban J connectivity index is 1.42. The van der Waals surface area contributed by atoms with Gasteiger partial charge >= 0.3 is 6.29 Å². The zero-order valence-electron chi connectivity index (χ0n) is 21.2. The molecule has 1 aliphatic carbocycles. The monoisotopic (exact) mass is 497 g/mol. The summed E-state index contributed by atoms with van der Waals surface area (Å²) in [4.78, 5) is 13.5. The Kier molecular flexibility index (Phi) is 5.90. The molecule has 0 bridgehead atoms. The third-order valence-corrected chi connectivity index (χ3v) is 8.01. The number of carbonyl (C=O) groups excluding carboxylic acids is 1. The maximum Gasteiger partial charge on any atom is 0.586 e. The molecule has 192 valence electrons. The van der Waals surface area contributed by atoms with Crippen LogP contribution in [-0.4, -0.2) is 27.9 Å². The number of hydrogen-bond acceptors (Lipinski definition) is 4. The zero-order chi connectivity index (χ0) is 25.9. The first-order valence-electron chi connectivity index (χ1n) is 12.7. The van der Waals surface area contributed by atoms with Crippen molar-refractivity contribution in [1.29, 1.82) is 0 Å². The number of aliphatic hydroxyl groups excluding tert-OH is 1. The van der Waals surface area contributed by atoms with Crippen molar-refractivity contribution in [2.24, 2.45) is 0 Å². The van der Waals surface area contributed by atoms with E-state index in [1.54, 1.807) is 6.07 Å². The molecule has 0 spiro atoms. The van der Waals surface area contributed by atoms with Crippen LogP contribution >= 0.6 is 0 Å². The van der Waals surface area contributed by atoms with Crippen molar-refractivity contribution in [3.8, 4) is 11.5 Å². The number of ether oxygens (including phenoxy) is 2. The van der Waals surface area contributed by atoms with Crippen LogP contribution in [-0.2, 0) is 28.6 Å². The molecule has 7 heteroatoms. The summed E-state index contributed by atoms with van der Waals surface area (Å²) in [7, 11) is 0. The van der Waals surface area contributed by atoms with Crippen LogP contribution in [0, 0.1) is 0 Å². The number of hydrogen-bond donors (Lipinski definition) is 1. The maximum atomic E-state index is 13.5. The van der Waals surface area contributed by atoms with Gasteiger partial charge in [0.25, 0.3) is 0 Å². The minimum Gasteiger partial charge on any atom is -0.395 e. The lowest BCUT2D eigenvalue weighted by Gasteiger charge is -2.26. The molecule has 36 heavy (non-hydrogen) atoms. The van der Waals surface area contributed by atoms with Crippen LogP contribution in [0.3, 0.4) is 0 Å². The highest BCUT2D eigenvalue weighted by Crippen LogP contribution is 2.52. The van der Waals surface area contributed by atoms with Crippen LogP contribution in [0.2, 0.25) is 0 Å². The lowest BCUT2D eigenvalue weighted by Crippen LogP contribution is -2.26. The number of rotatable bonds is 9. The van der Waals surface area contributed by atoms with Gasteiger partial charge in [-0.25, -0.2) is 0 Å². The minimum atomic E-state index is -3.67. The van der Waals surface area contributed by atoms with Gasteiger partial charge in [0, 0.05) is 35.0 Å². The first kappa shape index (κ1) is 24.8. The Morgan fingerprint density at radius 1 is 1.08 bits per heavy atom. The van der Waals surface area contributed by atoms with E-state index in [2.05, 4.69) is 46.9 Å². The fraction of sp³-hybridized carbons (Fsp3) is 0.483. The largest absolute Gasteiger partial charge is 0.586 e. The van der Waals surface area contributed by atoms with E-state index >= 15 is 0 Å². The lowest BCUT2D eigenvalue weighted by molar-refractivity contribution is -0.286. The van der Waals surface area contributed by atoms with Gasteiger partial charge in [-0.05, 0) is 67.1 Å². The van der Waals surface area contributed by atoms with Gasteiger partial charge in [-0.15, -0.1) is 8.78 Å². The summed E-state index contributed by atoms with van der Waals surface area (Å²) < 4.78 is 38.2. The number of aromatic nitrogens is 1. The normalized spacial score (nSPS) is 18.4. The van der Waals surface area contributed by atoms with E-state index < -0.39 is 17.8 Å². The fourth-order valence-electron chi connectivity index (χ4n) is 5.16. The topological polar surface area (TPSA) is 60.7 Å². The van der Waals surface area contributed by atoms with E-state index in [0.717, 1.165) is 22.9 Å². The first-order chi connectivity index (χ1) is 17.0. The molecule has 2 aromatic carbocycles. The maximum absolute atomic E-state index is 13.5. The van der Waals surface area contributed by atoms with Crippen molar-refractivity contribution in [1.82, 2.24) is 4.57 Å². The summed E-state index contributed by atoms with van der Waals surface area (Å²) in [5, 5.41) is 11.4. The standard InChI is InChI=1S/C29H33F2NO4/c1-5-21(33)17-32-22-9-7-18(13-19(22)15-25(32)27(3,4)6-2)14-26(34)28(11-12-28)20-8-10-23-24(16-20)36-29(30,31)35-23/h7-10,13,15-16,21,33H,5-6,11-12,14,17H2,1-4H3/t21-/m0/s1. The lowest BCUT2D eigenvalue weighted by atomic mass is 9.86. The highest BCUT2D eigenvalue weighted by atomic mass is 19.3. The number of Topliss-reactive ketones (excluding diaryl/α,β-unsaturated/α-hetero) is 1. The van der Waals surface area contributed by atoms with Gasteiger partial charge in [0.1, 0.15) is 5.78 Å². The second-order valence-electron chi connectivity index (χ2n) is 10.8. The van der Waals surface area contributed by atoms with Crippen molar-refractivity contribution in [3.05, 3.63) is 59.3 Å². The summed E-state index contributed by atoms with van der Waals surface area (Å²) in [6, 6.07) is 12.9. The van der Waals surface area contributed by atoms with E-state index in [-0.39, 0.29) is 29.1 Å². The van der Waals surface area contributed by atoms with Crippen LogP contribution in [0.4, 0.5) is 8.78 Å². The Labute approximate surface area is 210 Å². The Bertz CT molecular complexity index is 1320. The third kappa shape index (κ3) is 4.27. The van der Waals surface area contributed by atoms with Gasteiger partial charge in [0.15, 0.2) is 11.5 Å². The molecule has 3 aromatic rings. The number of carbonyl (C=O) groups is 1. The molecule has 1 N–H and O–H groups in total. The summed E-state index contributed by atoms with van der Waals surface area (Å²) in [5.41, 5.74) is 3.11. The molecule has 0 radical (unpaired) electrons. The van der Waals surface area contributed by atoms with Crippen LogP contribution in [0.5, 0.6) is 11.5 Å². The molecule has 1 aliphatic heterocycles. The molecule has 1 saturated carbocycles. The SMILES string of the molecule is CC[C@H](O)Cn1c(C(C)(C)CC)cc2cc(CC(=O)C3(c4ccc5c(c4)OC(F)(F)O5)CC3)ccc21. The van der Waals surface area contributed by atoms with Crippen LogP contribution in [0.25, 0.3) is 10.9 Å². The van der Waals surface area contributed by atoms with Gasteiger partial charge in [0.2, 0.25) is 0 Å². The molecule has 5 rings (SSSR count). The number of nitrogens with zero attached hydrogens (tertiary/aromatic N) is 1. The predicted octanol–water partition coefficient (Wildman–Crippen LogP) is 6.26. The molecule has 0 amide bonds. The zero-order valence-corrected chi connectivity index (χ0v) is 21.2. The van der Waals surface area contributed by atoms with Crippen molar-refractivity contribution in [2.45, 2.75) is 89.6 Å². The van der Waals surface area contributed by atoms with Gasteiger partial charge in [0.05, 0.1) is 11.5 Å². The van der Waals surface area contributed by atoms with Crippen molar-refractivity contribution in [3.63, 3.8) is 0 Å². The van der Waals surface area contributed by atoms with E-state index in [1.165, 1.54) is 17.8 Å². The molecule has 0 unspecified atom stereocenters. The van der Waals surface area contributed by atoms with Crippen LogP contribution < -0.4 is 9.47 Å². The fourth-order valence-corrected chi connectivity index (χ4v) is 5.16. The molecule has 5 nitrogen and oxygen atoms in total. The predicted molar refractivity (Wildman–Crippen MR) is 134 cm³/mol. The molecular formula is C29H33F2NO4.